The standard InChI is InChI=1S/C20H16BrN3O3S/c1-11(2)15-9-13(12-5-3-4-6-14(12)22-15)20(25)26-10-18-23-24-19(27-18)16-7-8-17(21)28-16/h3-9,11H,10H2,1-2H3. The van der Waals surface area contributed by atoms with Gasteiger partial charge in [0.25, 0.3) is 11.8 Å². The number of pyridine rings is 1. The molecule has 142 valence electrons. The van der Waals surface area contributed by atoms with E-state index in [9.17, 15) is 4.79 Å². The van der Waals surface area contributed by atoms with Crippen LogP contribution in [0.5, 0.6) is 0 Å². The molecule has 0 radical (unpaired) electrons. The Kier molecular flexibility index (Phi) is 5.23. The number of rotatable bonds is 5. The number of halogens is 1. The number of benzene rings is 1. The molecule has 0 unspecified atom stereocenters. The van der Waals surface area contributed by atoms with Gasteiger partial charge in [0.1, 0.15) is 0 Å². The molecule has 0 aliphatic carbocycles. The van der Waals surface area contributed by atoms with E-state index in [4.69, 9.17) is 9.15 Å². The van der Waals surface area contributed by atoms with Gasteiger partial charge in [-0.2, -0.15) is 0 Å². The SMILES string of the molecule is CC(C)c1cc(C(=O)OCc2nnc(-c3ccc(Br)s3)o2)c2ccccc2n1. The normalized spacial score (nSPS) is 11.3. The van der Waals surface area contributed by atoms with Gasteiger partial charge in [0.05, 0.1) is 19.7 Å². The Hall–Kier alpha value is -2.58. The monoisotopic (exact) mass is 457 g/mol. The van der Waals surface area contributed by atoms with Gasteiger partial charge in [-0.15, -0.1) is 21.5 Å². The minimum Gasteiger partial charge on any atom is -0.452 e. The van der Waals surface area contributed by atoms with Crippen LogP contribution in [0.4, 0.5) is 0 Å². The quantitative estimate of drug-likeness (QED) is 0.363. The lowest BCUT2D eigenvalue weighted by molar-refractivity contribution is 0.0441. The lowest BCUT2D eigenvalue weighted by Crippen LogP contribution is -2.08. The maximum atomic E-state index is 12.7. The van der Waals surface area contributed by atoms with Gasteiger partial charge in [-0.25, -0.2) is 4.79 Å². The van der Waals surface area contributed by atoms with Gasteiger partial charge >= 0.3 is 5.97 Å². The highest BCUT2D eigenvalue weighted by molar-refractivity contribution is 9.11. The molecule has 0 fully saturated rings. The zero-order valence-electron chi connectivity index (χ0n) is 15.2. The lowest BCUT2D eigenvalue weighted by atomic mass is 10.0. The van der Waals surface area contributed by atoms with Crippen LogP contribution in [-0.4, -0.2) is 21.2 Å². The fraction of sp³-hybridized carbons (Fsp3) is 0.200. The van der Waals surface area contributed by atoms with E-state index in [1.54, 1.807) is 6.07 Å². The van der Waals surface area contributed by atoms with Crippen LogP contribution < -0.4 is 0 Å². The molecule has 6 nitrogen and oxygen atoms in total. The Bertz CT molecular complexity index is 1150. The van der Waals surface area contributed by atoms with Crippen molar-refractivity contribution in [3.8, 4) is 10.8 Å². The second-order valence-electron chi connectivity index (χ2n) is 6.45. The number of esters is 1. The zero-order valence-corrected chi connectivity index (χ0v) is 17.6. The molecule has 0 aliphatic heterocycles. The van der Waals surface area contributed by atoms with Crippen LogP contribution in [0.25, 0.3) is 21.7 Å². The number of hydrogen-bond acceptors (Lipinski definition) is 7. The van der Waals surface area contributed by atoms with Crippen molar-refractivity contribution in [2.24, 2.45) is 0 Å². The summed E-state index contributed by atoms with van der Waals surface area (Å²) in [6.07, 6.45) is 0. The van der Waals surface area contributed by atoms with Gasteiger partial charge < -0.3 is 9.15 Å². The second-order valence-corrected chi connectivity index (χ2v) is 8.91. The minimum absolute atomic E-state index is 0.0912. The van der Waals surface area contributed by atoms with Crippen LogP contribution in [0.15, 0.2) is 50.7 Å². The molecule has 3 aromatic heterocycles. The second kappa shape index (κ2) is 7.81. The summed E-state index contributed by atoms with van der Waals surface area (Å²) in [5, 5.41) is 8.73. The number of fused-ring (bicyclic) bond motifs is 1. The lowest BCUT2D eigenvalue weighted by Gasteiger charge is -2.11. The van der Waals surface area contributed by atoms with Crippen molar-refractivity contribution < 1.29 is 13.9 Å². The van der Waals surface area contributed by atoms with Crippen molar-refractivity contribution in [3.05, 3.63) is 63.4 Å². The molecular formula is C20H16BrN3O3S. The van der Waals surface area contributed by atoms with Gasteiger partial charge in [0, 0.05) is 11.1 Å². The van der Waals surface area contributed by atoms with E-state index in [0.29, 0.717) is 11.5 Å². The average molecular weight is 458 g/mol. The predicted octanol–water partition coefficient (Wildman–Crippen LogP) is 5.59. The predicted molar refractivity (Wildman–Crippen MR) is 110 cm³/mol. The smallest absolute Gasteiger partial charge is 0.339 e. The van der Waals surface area contributed by atoms with Crippen molar-refractivity contribution in [2.75, 3.05) is 0 Å². The van der Waals surface area contributed by atoms with Gasteiger partial charge in [-0.1, -0.05) is 32.0 Å². The largest absolute Gasteiger partial charge is 0.452 e. The fourth-order valence-corrected chi connectivity index (χ4v) is 4.01. The van der Waals surface area contributed by atoms with Crippen molar-refractivity contribution in [3.63, 3.8) is 0 Å². The summed E-state index contributed by atoms with van der Waals surface area (Å²) in [6.45, 7) is 3.98. The summed E-state index contributed by atoms with van der Waals surface area (Å²) in [7, 11) is 0. The minimum atomic E-state index is -0.445. The van der Waals surface area contributed by atoms with Crippen molar-refractivity contribution in [1.29, 1.82) is 0 Å². The molecule has 0 saturated carbocycles. The Morgan fingerprint density at radius 3 is 2.79 bits per heavy atom. The third kappa shape index (κ3) is 3.83. The van der Waals surface area contributed by atoms with Crippen molar-refractivity contribution in [1.82, 2.24) is 15.2 Å². The number of thiophene rings is 1. The van der Waals surface area contributed by atoms with E-state index in [1.807, 2.05) is 50.2 Å². The molecule has 0 saturated heterocycles. The first-order chi connectivity index (χ1) is 13.5. The summed E-state index contributed by atoms with van der Waals surface area (Å²) >= 11 is 4.89. The van der Waals surface area contributed by atoms with Gasteiger partial charge in [0.2, 0.25) is 0 Å². The molecule has 8 heteroatoms. The van der Waals surface area contributed by atoms with Gasteiger partial charge in [0.15, 0.2) is 6.61 Å². The van der Waals surface area contributed by atoms with Crippen molar-refractivity contribution in [2.45, 2.75) is 26.4 Å². The molecule has 0 amide bonds. The third-order valence-electron chi connectivity index (χ3n) is 4.13. The summed E-state index contributed by atoms with van der Waals surface area (Å²) in [5.41, 5.74) is 2.09. The Labute approximate surface area is 173 Å². The van der Waals surface area contributed by atoms with Crippen LogP contribution >= 0.6 is 27.3 Å². The van der Waals surface area contributed by atoms with E-state index in [2.05, 4.69) is 31.1 Å². The Morgan fingerprint density at radius 2 is 2.04 bits per heavy atom. The van der Waals surface area contributed by atoms with Crippen molar-refractivity contribution >= 4 is 44.1 Å². The molecule has 0 atom stereocenters. The maximum absolute atomic E-state index is 12.7. The van der Waals surface area contributed by atoms with E-state index in [-0.39, 0.29) is 18.4 Å². The number of carbonyl (C=O) groups excluding carboxylic acids is 1. The molecule has 1 aromatic carbocycles. The van der Waals surface area contributed by atoms with Crippen LogP contribution in [0.3, 0.4) is 0 Å². The Morgan fingerprint density at radius 1 is 1.21 bits per heavy atom. The molecule has 0 spiro atoms. The molecule has 4 rings (SSSR count). The maximum Gasteiger partial charge on any atom is 0.339 e. The number of carbonyl (C=O) groups is 1. The summed E-state index contributed by atoms with van der Waals surface area (Å²) < 4.78 is 12.0. The number of ether oxygens (including phenoxy) is 1. The number of hydrogen-bond donors (Lipinski definition) is 0. The average Bonchev–Trinajstić information content (AvgIpc) is 3.34. The van der Waals surface area contributed by atoms with Gasteiger partial charge in [-0.3, -0.25) is 4.98 Å². The number of para-hydroxylation sites is 1. The summed E-state index contributed by atoms with van der Waals surface area (Å²) in [4.78, 5) is 18.2. The first-order valence-electron chi connectivity index (χ1n) is 8.66. The fourth-order valence-electron chi connectivity index (χ4n) is 2.71. The topological polar surface area (TPSA) is 78.1 Å². The van der Waals surface area contributed by atoms with E-state index in [0.717, 1.165) is 25.3 Å². The van der Waals surface area contributed by atoms with E-state index < -0.39 is 5.97 Å². The third-order valence-corrected chi connectivity index (χ3v) is 5.74. The number of aromatic nitrogens is 3. The van der Waals surface area contributed by atoms with E-state index >= 15 is 0 Å². The number of nitrogens with zero attached hydrogens (tertiary/aromatic N) is 3. The highest BCUT2D eigenvalue weighted by atomic mass is 79.9. The van der Waals surface area contributed by atoms with Gasteiger partial charge in [-0.05, 0) is 46.1 Å². The highest BCUT2D eigenvalue weighted by Crippen LogP contribution is 2.30. The highest BCUT2D eigenvalue weighted by Gasteiger charge is 2.17. The zero-order chi connectivity index (χ0) is 19.7. The first kappa shape index (κ1) is 18.8. The molecule has 3 heterocycles. The molecule has 0 N–H and O–H groups in total. The first-order valence-corrected chi connectivity index (χ1v) is 10.3. The molecule has 0 aliphatic rings. The molecule has 4 aromatic rings. The molecular weight excluding hydrogens is 442 g/mol. The summed E-state index contributed by atoms with van der Waals surface area (Å²) in [5.74, 6) is 0.396. The molecule has 28 heavy (non-hydrogen) atoms. The van der Waals surface area contributed by atoms with Crippen LogP contribution in [0.2, 0.25) is 0 Å². The molecule has 0 bridgehead atoms. The van der Waals surface area contributed by atoms with Crippen LogP contribution in [-0.2, 0) is 11.3 Å². The summed E-state index contributed by atoms with van der Waals surface area (Å²) in [6, 6.07) is 13.1. The van der Waals surface area contributed by atoms with Crippen LogP contribution in [0, 0.1) is 0 Å². The van der Waals surface area contributed by atoms with Crippen LogP contribution in [0.1, 0.15) is 41.7 Å². The Balaban J connectivity index is 1.55. The van der Waals surface area contributed by atoms with E-state index in [1.165, 1.54) is 11.3 Å².